The molecule has 0 bridgehead atoms. The summed E-state index contributed by atoms with van der Waals surface area (Å²) in [7, 11) is 0. The maximum absolute atomic E-state index is 8.47. The summed E-state index contributed by atoms with van der Waals surface area (Å²) in [6.45, 7) is 0.367. The van der Waals surface area contributed by atoms with Crippen molar-refractivity contribution in [2.24, 2.45) is 0 Å². The van der Waals surface area contributed by atoms with Gasteiger partial charge in [-0.2, -0.15) is 0 Å². The molecule has 10 heavy (non-hydrogen) atoms. The van der Waals surface area contributed by atoms with Crippen LogP contribution in [0, 0.1) is 0 Å². The van der Waals surface area contributed by atoms with E-state index in [0.717, 1.165) is 6.42 Å². The Labute approximate surface area is 77.3 Å². The van der Waals surface area contributed by atoms with Crippen LogP contribution in [0.25, 0.3) is 0 Å². The molecule has 0 aliphatic heterocycles. The first-order valence-electron chi connectivity index (χ1n) is 4.08. The highest BCUT2D eigenvalue weighted by molar-refractivity contribution is 14.1. The molecule has 0 atom stereocenters. The molecule has 1 N–H and O–H groups in total. The molecule has 0 aliphatic carbocycles. The van der Waals surface area contributed by atoms with Gasteiger partial charge in [0.05, 0.1) is 0 Å². The van der Waals surface area contributed by atoms with Crippen molar-refractivity contribution in [1.82, 2.24) is 0 Å². The normalized spacial score (nSPS) is 10.2. The summed E-state index contributed by atoms with van der Waals surface area (Å²) in [6.07, 6.45) is 7.58. The molecule has 0 aromatic rings. The molecule has 0 rings (SSSR count). The molecule has 0 spiro atoms. The average Bonchev–Trinajstić information content (AvgIpc) is 1.97. The van der Waals surface area contributed by atoms with Gasteiger partial charge in [0.15, 0.2) is 0 Å². The zero-order chi connectivity index (χ0) is 7.66. The van der Waals surface area contributed by atoms with Gasteiger partial charge < -0.3 is 5.11 Å². The first-order chi connectivity index (χ1) is 4.91. The summed E-state index contributed by atoms with van der Waals surface area (Å²) in [5.41, 5.74) is 0. The molecule has 0 amide bonds. The Kier molecular flexibility index (Phi) is 10.4. The summed E-state index contributed by atoms with van der Waals surface area (Å²) in [5, 5.41) is 8.47. The molecule has 0 radical (unpaired) electrons. The molecular weight excluding hydrogens is 239 g/mol. The van der Waals surface area contributed by atoms with Crippen LogP contribution >= 0.6 is 22.6 Å². The predicted octanol–water partition coefficient (Wildman–Crippen LogP) is 2.75. The summed E-state index contributed by atoms with van der Waals surface area (Å²) >= 11 is 2.42. The van der Waals surface area contributed by atoms with Crippen LogP contribution in [-0.2, 0) is 0 Å². The van der Waals surface area contributed by atoms with E-state index >= 15 is 0 Å². The van der Waals surface area contributed by atoms with Crippen molar-refractivity contribution in [2.45, 2.75) is 38.5 Å². The second-order valence-corrected chi connectivity index (χ2v) is 3.61. The molecule has 0 saturated heterocycles. The third-order valence-electron chi connectivity index (χ3n) is 1.54. The fourth-order valence-electron chi connectivity index (χ4n) is 0.913. The molecule has 0 fully saturated rings. The number of unbranched alkanes of at least 4 members (excludes halogenated alkanes) is 5. The second kappa shape index (κ2) is 9.69. The molecule has 2 heteroatoms. The van der Waals surface area contributed by atoms with Crippen LogP contribution < -0.4 is 0 Å². The van der Waals surface area contributed by atoms with E-state index in [9.17, 15) is 0 Å². The lowest BCUT2D eigenvalue weighted by Crippen LogP contribution is -1.83. The van der Waals surface area contributed by atoms with Crippen LogP contribution in [0.5, 0.6) is 0 Å². The van der Waals surface area contributed by atoms with Gasteiger partial charge in [-0.3, -0.25) is 0 Å². The number of halogens is 1. The highest BCUT2D eigenvalue weighted by Crippen LogP contribution is 2.05. The molecule has 0 aromatic heterocycles. The zero-order valence-electron chi connectivity index (χ0n) is 6.48. The minimum Gasteiger partial charge on any atom is -0.396 e. The predicted molar refractivity (Wildman–Crippen MR) is 53.7 cm³/mol. The monoisotopic (exact) mass is 256 g/mol. The Morgan fingerprint density at radius 3 is 1.80 bits per heavy atom. The molecule has 62 valence electrons. The Bertz CT molecular complexity index is 49.2. The van der Waals surface area contributed by atoms with Crippen molar-refractivity contribution in [3.05, 3.63) is 0 Å². The second-order valence-electron chi connectivity index (χ2n) is 2.53. The Morgan fingerprint density at radius 1 is 0.800 bits per heavy atom. The van der Waals surface area contributed by atoms with E-state index in [1.165, 1.54) is 36.5 Å². The Morgan fingerprint density at radius 2 is 1.30 bits per heavy atom. The lowest BCUT2D eigenvalue weighted by atomic mass is 10.1. The van der Waals surface area contributed by atoms with Gasteiger partial charge >= 0.3 is 0 Å². The maximum Gasteiger partial charge on any atom is 0.0431 e. The third-order valence-corrected chi connectivity index (χ3v) is 2.30. The quantitative estimate of drug-likeness (QED) is 0.422. The van der Waals surface area contributed by atoms with E-state index in [1.54, 1.807) is 0 Å². The minimum atomic E-state index is 0.367. The van der Waals surface area contributed by atoms with Crippen LogP contribution in [0.3, 0.4) is 0 Å². The van der Waals surface area contributed by atoms with Crippen molar-refractivity contribution < 1.29 is 5.11 Å². The van der Waals surface area contributed by atoms with Crippen molar-refractivity contribution in [3.63, 3.8) is 0 Å². The SMILES string of the molecule is OCCCCCCCCI. The fourth-order valence-corrected chi connectivity index (χ4v) is 1.45. The topological polar surface area (TPSA) is 20.2 Å². The van der Waals surface area contributed by atoms with Crippen LogP contribution in [-0.4, -0.2) is 16.1 Å². The van der Waals surface area contributed by atoms with Gasteiger partial charge in [-0.1, -0.05) is 48.3 Å². The van der Waals surface area contributed by atoms with Gasteiger partial charge in [0.2, 0.25) is 0 Å². The Balaban J connectivity index is 2.65. The smallest absolute Gasteiger partial charge is 0.0431 e. The average molecular weight is 256 g/mol. The van der Waals surface area contributed by atoms with Gasteiger partial charge in [0.25, 0.3) is 0 Å². The number of aliphatic hydroxyl groups excluding tert-OH is 1. The first-order valence-corrected chi connectivity index (χ1v) is 5.61. The molecule has 0 saturated carbocycles. The number of hydrogen-bond acceptors (Lipinski definition) is 1. The highest BCUT2D eigenvalue weighted by Gasteiger charge is 1.88. The van der Waals surface area contributed by atoms with Gasteiger partial charge in [-0.05, 0) is 17.3 Å². The maximum atomic E-state index is 8.47. The summed E-state index contributed by atoms with van der Waals surface area (Å²) in [6, 6.07) is 0. The van der Waals surface area contributed by atoms with Crippen molar-refractivity contribution in [2.75, 3.05) is 11.0 Å². The summed E-state index contributed by atoms with van der Waals surface area (Å²) in [4.78, 5) is 0. The zero-order valence-corrected chi connectivity index (χ0v) is 8.64. The van der Waals surface area contributed by atoms with Crippen LogP contribution in [0.1, 0.15) is 38.5 Å². The van der Waals surface area contributed by atoms with Gasteiger partial charge in [-0.15, -0.1) is 0 Å². The largest absolute Gasteiger partial charge is 0.396 e. The molecule has 0 aromatic carbocycles. The van der Waals surface area contributed by atoms with Crippen molar-refractivity contribution >= 4 is 22.6 Å². The van der Waals surface area contributed by atoms with E-state index in [4.69, 9.17) is 5.11 Å². The first kappa shape index (κ1) is 10.7. The van der Waals surface area contributed by atoms with Crippen LogP contribution in [0.4, 0.5) is 0 Å². The summed E-state index contributed by atoms with van der Waals surface area (Å²) in [5.74, 6) is 0. The molecule has 1 nitrogen and oxygen atoms in total. The number of aliphatic hydroxyl groups is 1. The molecule has 0 heterocycles. The number of hydrogen-bond donors (Lipinski definition) is 1. The minimum absolute atomic E-state index is 0.367. The molecule has 0 unspecified atom stereocenters. The highest BCUT2D eigenvalue weighted by atomic mass is 127. The lowest BCUT2D eigenvalue weighted by Gasteiger charge is -1.97. The van der Waals surface area contributed by atoms with E-state index in [-0.39, 0.29) is 0 Å². The number of alkyl halides is 1. The van der Waals surface area contributed by atoms with Crippen LogP contribution in [0.15, 0.2) is 0 Å². The van der Waals surface area contributed by atoms with Gasteiger partial charge in [0, 0.05) is 6.61 Å². The number of rotatable bonds is 7. The van der Waals surface area contributed by atoms with E-state index in [1.807, 2.05) is 0 Å². The standard InChI is InChI=1S/C8H17IO/c9-7-5-3-1-2-4-6-8-10/h10H,1-8H2. The molecular formula is C8H17IO. The van der Waals surface area contributed by atoms with Gasteiger partial charge in [-0.25, -0.2) is 0 Å². The van der Waals surface area contributed by atoms with Crippen LogP contribution in [0.2, 0.25) is 0 Å². The Hall–Kier alpha value is 0.690. The van der Waals surface area contributed by atoms with E-state index < -0.39 is 0 Å². The van der Waals surface area contributed by atoms with Gasteiger partial charge in [0.1, 0.15) is 0 Å². The molecule has 0 aliphatic rings. The lowest BCUT2D eigenvalue weighted by molar-refractivity contribution is 0.282. The fraction of sp³-hybridized carbons (Fsp3) is 1.00. The van der Waals surface area contributed by atoms with E-state index in [2.05, 4.69) is 22.6 Å². The third kappa shape index (κ3) is 8.69. The van der Waals surface area contributed by atoms with Crippen molar-refractivity contribution in [1.29, 1.82) is 0 Å². The van der Waals surface area contributed by atoms with E-state index in [0.29, 0.717) is 6.61 Å². The summed E-state index contributed by atoms with van der Waals surface area (Å²) < 4.78 is 1.29. The van der Waals surface area contributed by atoms with Crippen molar-refractivity contribution in [3.8, 4) is 0 Å².